The molecule has 0 aliphatic carbocycles. The predicted molar refractivity (Wildman–Crippen MR) is 107 cm³/mol. The normalized spacial score (nSPS) is 22.1. The Morgan fingerprint density at radius 3 is 2.41 bits per heavy atom. The number of nitrogens with zero attached hydrogens (tertiary/aromatic N) is 1. The molecule has 0 unspecified atom stereocenters. The molecule has 7 nitrogen and oxygen atoms in total. The molecule has 2 aliphatic rings. The molecule has 0 bridgehead atoms. The number of hydrogen-bond acceptors (Lipinski definition) is 7. The molecule has 0 radical (unpaired) electrons. The van der Waals surface area contributed by atoms with Crippen LogP contribution in [-0.2, 0) is 9.47 Å². The molecule has 1 aromatic carbocycles. The van der Waals surface area contributed by atoms with Crippen LogP contribution in [0, 0.1) is 0 Å². The highest BCUT2D eigenvalue weighted by Crippen LogP contribution is 2.26. The highest BCUT2D eigenvalue weighted by atomic mass is 32.1. The molecule has 29 heavy (non-hydrogen) atoms. The largest absolute Gasteiger partial charge is 0.497 e. The topological polar surface area (TPSA) is 74.3 Å². The smallest absolute Gasteiger partial charge is 0.254 e. The van der Waals surface area contributed by atoms with Crippen molar-refractivity contribution in [3.8, 4) is 11.5 Å². The van der Waals surface area contributed by atoms with E-state index < -0.39 is 0 Å². The van der Waals surface area contributed by atoms with Crippen molar-refractivity contribution in [1.82, 2.24) is 4.90 Å². The molecule has 2 fully saturated rings. The maximum atomic E-state index is 12.8. The van der Waals surface area contributed by atoms with Gasteiger partial charge in [-0.1, -0.05) is 6.07 Å². The van der Waals surface area contributed by atoms with E-state index in [0.29, 0.717) is 42.5 Å². The second-order valence-electron chi connectivity index (χ2n) is 7.13. The number of fused-ring (bicyclic) bond motifs is 1. The molecule has 8 heteroatoms. The summed E-state index contributed by atoms with van der Waals surface area (Å²) in [4.78, 5) is 26.5. The van der Waals surface area contributed by atoms with Gasteiger partial charge in [0.2, 0.25) is 0 Å². The van der Waals surface area contributed by atoms with Crippen LogP contribution >= 0.6 is 11.3 Å². The number of carbonyl (C=O) groups is 2. The van der Waals surface area contributed by atoms with Gasteiger partial charge in [0.15, 0.2) is 5.78 Å². The first-order valence-corrected chi connectivity index (χ1v) is 10.3. The summed E-state index contributed by atoms with van der Waals surface area (Å²) in [5, 5.41) is 1.73. The van der Waals surface area contributed by atoms with Gasteiger partial charge in [0.25, 0.3) is 5.91 Å². The Balaban J connectivity index is 1.34. The number of amides is 1. The van der Waals surface area contributed by atoms with Crippen molar-refractivity contribution >= 4 is 23.0 Å². The molecule has 1 amide bonds. The fraction of sp³-hybridized carbons (Fsp3) is 0.429. The van der Waals surface area contributed by atoms with Crippen LogP contribution in [0.2, 0.25) is 0 Å². The molecule has 4 rings (SSSR count). The van der Waals surface area contributed by atoms with E-state index in [2.05, 4.69) is 0 Å². The molecule has 0 N–H and O–H groups in total. The average Bonchev–Trinajstić information content (AvgIpc) is 3.33. The first-order chi connectivity index (χ1) is 14.0. The SMILES string of the molecule is COc1cccc(OC2CO[C@H]3CN(C(=O)c4csc(C(C)=O)c4)C[C@@H]3OC2)c1. The van der Waals surface area contributed by atoms with Gasteiger partial charge in [0.1, 0.15) is 29.8 Å². The zero-order chi connectivity index (χ0) is 20.4. The number of likely N-dealkylation sites (tertiary alicyclic amines) is 1. The van der Waals surface area contributed by atoms with Gasteiger partial charge in [-0.3, -0.25) is 9.59 Å². The zero-order valence-corrected chi connectivity index (χ0v) is 17.1. The van der Waals surface area contributed by atoms with Crippen molar-refractivity contribution in [3.63, 3.8) is 0 Å². The van der Waals surface area contributed by atoms with Gasteiger partial charge in [-0.2, -0.15) is 0 Å². The first-order valence-electron chi connectivity index (χ1n) is 9.46. The fourth-order valence-electron chi connectivity index (χ4n) is 3.49. The Hall–Kier alpha value is -2.42. The lowest BCUT2D eigenvalue weighted by Gasteiger charge is -2.19. The monoisotopic (exact) mass is 417 g/mol. The summed E-state index contributed by atoms with van der Waals surface area (Å²) >= 11 is 1.29. The standard InChI is InChI=1S/C21H23NO6S/c1-13(23)20-6-14(12-29-20)21(24)22-8-18-19(9-22)27-11-17(10-26-18)28-16-5-3-4-15(7-16)25-2/h3-7,12,17-19H,8-11H2,1-2H3/t18-,19-/m0/s1. The Bertz CT molecular complexity index is 881. The van der Waals surface area contributed by atoms with E-state index in [1.54, 1.807) is 23.5 Å². The Labute approximate surface area is 173 Å². The highest BCUT2D eigenvalue weighted by Gasteiger charge is 2.40. The maximum absolute atomic E-state index is 12.8. The van der Waals surface area contributed by atoms with E-state index in [0.717, 1.165) is 5.75 Å². The van der Waals surface area contributed by atoms with E-state index >= 15 is 0 Å². The molecular formula is C21H23NO6S. The number of benzene rings is 1. The quantitative estimate of drug-likeness (QED) is 0.697. The van der Waals surface area contributed by atoms with Crippen molar-refractivity contribution in [2.24, 2.45) is 0 Å². The number of carbonyl (C=O) groups excluding carboxylic acids is 2. The summed E-state index contributed by atoms with van der Waals surface area (Å²) in [5.74, 6) is 1.29. The van der Waals surface area contributed by atoms with Crippen molar-refractivity contribution in [3.05, 3.63) is 46.2 Å². The summed E-state index contributed by atoms with van der Waals surface area (Å²) in [6, 6.07) is 9.07. The molecule has 2 saturated heterocycles. The van der Waals surface area contributed by atoms with Crippen LogP contribution in [0.4, 0.5) is 0 Å². The number of ether oxygens (including phenoxy) is 4. The molecule has 0 saturated carbocycles. The van der Waals surface area contributed by atoms with Gasteiger partial charge in [-0.05, 0) is 25.1 Å². The van der Waals surface area contributed by atoms with Gasteiger partial charge in [0.05, 0.1) is 30.8 Å². The third kappa shape index (κ3) is 4.44. The summed E-state index contributed by atoms with van der Waals surface area (Å²) in [7, 11) is 1.61. The first kappa shape index (κ1) is 19.9. The molecule has 154 valence electrons. The molecule has 2 atom stereocenters. The highest BCUT2D eigenvalue weighted by molar-refractivity contribution is 7.12. The molecule has 1 aromatic heterocycles. The third-order valence-electron chi connectivity index (χ3n) is 5.03. The van der Waals surface area contributed by atoms with Crippen LogP contribution in [0.1, 0.15) is 27.0 Å². The van der Waals surface area contributed by atoms with Crippen LogP contribution in [0.15, 0.2) is 35.7 Å². The Morgan fingerprint density at radius 2 is 1.79 bits per heavy atom. The van der Waals surface area contributed by atoms with Gasteiger partial charge in [-0.15, -0.1) is 11.3 Å². The van der Waals surface area contributed by atoms with E-state index in [9.17, 15) is 9.59 Å². The molecule has 2 aromatic rings. The van der Waals surface area contributed by atoms with Crippen molar-refractivity contribution in [2.45, 2.75) is 25.2 Å². The Morgan fingerprint density at radius 1 is 1.10 bits per heavy atom. The molecular weight excluding hydrogens is 394 g/mol. The lowest BCUT2D eigenvalue weighted by atomic mass is 10.2. The van der Waals surface area contributed by atoms with Crippen molar-refractivity contribution in [1.29, 1.82) is 0 Å². The molecule has 3 heterocycles. The van der Waals surface area contributed by atoms with Crippen LogP contribution in [0.3, 0.4) is 0 Å². The summed E-state index contributed by atoms with van der Waals surface area (Å²) in [6.07, 6.45) is -0.612. The van der Waals surface area contributed by atoms with Crippen LogP contribution in [0.5, 0.6) is 11.5 Å². The van der Waals surface area contributed by atoms with Crippen LogP contribution < -0.4 is 9.47 Å². The summed E-state index contributed by atoms with van der Waals surface area (Å²) < 4.78 is 23.2. The Kier molecular flexibility index (Phi) is 5.84. The third-order valence-corrected chi connectivity index (χ3v) is 6.06. The van der Waals surface area contributed by atoms with Gasteiger partial charge >= 0.3 is 0 Å². The van der Waals surface area contributed by atoms with Gasteiger partial charge in [-0.25, -0.2) is 0 Å². The predicted octanol–water partition coefficient (Wildman–Crippen LogP) is 2.65. The minimum Gasteiger partial charge on any atom is -0.497 e. The number of ketones is 1. The number of Topliss-reactive ketones (excluding diaryl/α,β-unsaturated/α-hetero) is 1. The average molecular weight is 417 g/mol. The van der Waals surface area contributed by atoms with E-state index in [1.807, 2.05) is 24.3 Å². The molecule has 2 aliphatic heterocycles. The fourth-order valence-corrected chi connectivity index (χ4v) is 4.27. The van der Waals surface area contributed by atoms with Crippen molar-refractivity contribution < 1.29 is 28.5 Å². The van der Waals surface area contributed by atoms with E-state index in [1.165, 1.54) is 18.3 Å². The lowest BCUT2D eigenvalue weighted by molar-refractivity contribution is -0.00461. The van der Waals surface area contributed by atoms with Crippen LogP contribution in [0.25, 0.3) is 0 Å². The van der Waals surface area contributed by atoms with E-state index in [-0.39, 0.29) is 30.0 Å². The van der Waals surface area contributed by atoms with Gasteiger partial charge in [0, 0.05) is 24.5 Å². The second kappa shape index (κ2) is 8.52. The number of rotatable bonds is 5. The minimum atomic E-state index is -0.230. The summed E-state index contributed by atoms with van der Waals surface area (Å²) in [6.45, 7) is 3.18. The summed E-state index contributed by atoms with van der Waals surface area (Å²) in [5.41, 5.74) is 0.538. The number of methoxy groups -OCH3 is 1. The van der Waals surface area contributed by atoms with Crippen molar-refractivity contribution in [2.75, 3.05) is 33.4 Å². The zero-order valence-electron chi connectivity index (χ0n) is 16.3. The molecule has 0 spiro atoms. The van der Waals surface area contributed by atoms with Crippen LogP contribution in [-0.4, -0.2) is 68.3 Å². The minimum absolute atomic E-state index is 0.0330. The maximum Gasteiger partial charge on any atom is 0.254 e. The second-order valence-corrected chi connectivity index (χ2v) is 8.04. The number of thiophene rings is 1. The van der Waals surface area contributed by atoms with E-state index in [4.69, 9.17) is 18.9 Å². The van der Waals surface area contributed by atoms with Gasteiger partial charge < -0.3 is 23.8 Å². The number of hydrogen-bond donors (Lipinski definition) is 0. The lowest BCUT2D eigenvalue weighted by Crippen LogP contribution is -2.32.